The Morgan fingerprint density at radius 1 is 1.20 bits per heavy atom. The highest BCUT2D eigenvalue weighted by atomic mass is 79.9. The Morgan fingerprint density at radius 2 is 2.00 bits per heavy atom. The minimum atomic E-state index is -0.430. The predicted octanol–water partition coefficient (Wildman–Crippen LogP) is 3.19. The number of oxazole rings is 1. The van der Waals surface area contributed by atoms with E-state index in [1.54, 1.807) is 0 Å². The SMILES string of the molecule is CNC(c1cccc(Br)c1)c1ccc2[nH]c(=O)oc2c1. The Bertz CT molecular complexity index is 807. The maximum absolute atomic E-state index is 11.2. The fourth-order valence-corrected chi connectivity index (χ4v) is 2.77. The zero-order chi connectivity index (χ0) is 14.1. The van der Waals surface area contributed by atoms with Gasteiger partial charge in [0.15, 0.2) is 5.58 Å². The lowest BCUT2D eigenvalue weighted by atomic mass is 9.99. The van der Waals surface area contributed by atoms with E-state index in [1.807, 2.05) is 37.4 Å². The van der Waals surface area contributed by atoms with Crippen LogP contribution in [0.15, 0.2) is 56.1 Å². The standard InChI is InChI=1S/C15H13BrN2O2/c1-17-14(9-3-2-4-11(16)7-9)10-5-6-12-13(8-10)20-15(19)18-12/h2-8,14,17H,1H3,(H,18,19). The average Bonchev–Trinajstić information content (AvgIpc) is 2.79. The molecule has 3 rings (SSSR count). The summed E-state index contributed by atoms with van der Waals surface area (Å²) >= 11 is 3.48. The third kappa shape index (κ3) is 2.42. The first-order valence-electron chi connectivity index (χ1n) is 6.23. The lowest BCUT2D eigenvalue weighted by molar-refractivity contribution is 0.554. The maximum Gasteiger partial charge on any atom is 0.417 e. The van der Waals surface area contributed by atoms with Gasteiger partial charge in [-0.15, -0.1) is 0 Å². The molecule has 0 aliphatic heterocycles. The van der Waals surface area contributed by atoms with Gasteiger partial charge in [-0.05, 0) is 42.4 Å². The van der Waals surface area contributed by atoms with Gasteiger partial charge in [-0.25, -0.2) is 4.79 Å². The van der Waals surface area contributed by atoms with Crippen molar-refractivity contribution in [2.45, 2.75) is 6.04 Å². The van der Waals surface area contributed by atoms with Crippen LogP contribution >= 0.6 is 15.9 Å². The number of hydrogen-bond donors (Lipinski definition) is 2. The number of rotatable bonds is 3. The summed E-state index contributed by atoms with van der Waals surface area (Å²) in [4.78, 5) is 13.9. The molecule has 0 fully saturated rings. The van der Waals surface area contributed by atoms with E-state index in [0.717, 1.165) is 15.6 Å². The second-order valence-corrected chi connectivity index (χ2v) is 5.46. The molecule has 0 bridgehead atoms. The monoisotopic (exact) mass is 332 g/mol. The molecule has 102 valence electrons. The van der Waals surface area contributed by atoms with Crippen molar-refractivity contribution in [3.05, 3.63) is 68.6 Å². The van der Waals surface area contributed by atoms with Gasteiger partial charge in [-0.3, -0.25) is 4.98 Å². The van der Waals surface area contributed by atoms with Gasteiger partial charge in [-0.1, -0.05) is 34.1 Å². The summed E-state index contributed by atoms with van der Waals surface area (Å²) in [6.07, 6.45) is 0. The van der Waals surface area contributed by atoms with Gasteiger partial charge >= 0.3 is 5.76 Å². The fraction of sp³-hybridized carbons (Fsp3) is 0.133. The third-order valence-electron chi connectivity index (χ3n) is 3.25. The van der Waals surface area contributed by atoms with E-state index in [9.17, 15) is 4.79 Å². The molecule has 0 spiro atoms. The molecule has 1 atom stereocenters. The molecule has 1 heterocycles. The second kappa shape index (κ2) is 5.26. The van der Waals surface area contributed by atoms with Crippen LogP contribution in [-0.2, 0) is 0 Å². The van der Waals surface area contributed by atoms with E-state index >= 15 is 0 Å². The molecule has 1 unspecified atom stereocenters. The van der Waals surface area contributed by atoms with Gasteiger partial charge in [0.1, 0.15) is 0 Å². The van der Waals surface area contributed by atoms with E-state index in [2.05, 4.69) is 38.4 Å². The minimum Gasteiger partial charge on any atom is -0.408 e. The van der Waals surface area contributed by atoms with Crippen LogP contribution in [0.5, 0.6) is 0 Å². The molecule has 0 aliphatic carbocycles. The first kappa shape index (κ1) is 13.1. The number of benzene rings is 2. The maximum atomic E-state index is 11.2. The van der Waals surface area contributed by atoms with Crippen molar-refractivity contribution in [1.29, 1.82) is 0 Å². The number of nitrogens with one attached hydrogen (secondary N) is 2. The molecule has 2 aromatic carbocycles. The Labute approximate surface area is 123 Å². The number of fused-ring (bicyclic) bond motifs is 1. The molecule has 3 aromatic rings. The number of H-pyrrole nitrogens is 1. The highest BCUT2D eigenvalue weighted by molar-refractivity contribution is 9.10. The van der Waals surface area contributed by atoms with E-state index in [4.69, 9.17) is 4.42 Å². The molecule has 2 N–H and O–H groups in total. The van der Waals surface area contributed by atoms with E-state index in [-0.39, 0.29) is 6.04 Å². The summed E-state index contributed by atoms with van der Waals surface area (Å²) in [5, 5.41) is 3.28. The van der Waals surface area contributed by atoms with Crippen LogP contribution in [-0.4, -0.2) is 12.0 Å². The summed E-state index contributed by atoms with van der Waals surface area (Å²) in [7, 11) is 1.91. The second-order valence-electron chi connectivity index (χ2n) is 4.55. The topological polar surface area (TPSA) is 58.0 Å². The molecular weight excluding hydrogens is 320 g/mol. The van der Waals surface area contributed by atoms with Crippen molar-refractivity contribution in [2.75, 3.05) is 7.05 Å². The van der Waals surface area contributed by atoms with Gasteiger partial charge in [0.25, 0.3) is 0 Å². The normalized spacial score (nSPS) is 12.7. The molecule has 1 aromatic heterocycles. The Hall–Kier alpha value is -1.85. The number of aromatic amines is 1. The molecular formula is C15H13BrN2O2. The van der Waals surface area contributed by atoms with Gasteiger partial charge < -0.3 is 9.73 Å². The van der Waals surface area contributed by atoms with E-state index in [1.165, 1.54) is 0 Å². The van der Waals surface area contributed by atoms with Crippen LogP contribution in [0, 0.1) is 0 Å². The van der Waals surface area contributed by atoms with Crippen LogP contribution in [0.2, 0.25) is 0 Å². The first-order chi connectivity index (χ1) is 9.67. The molecule has 4 nitrogen and oxygen atoms in total. The fourth-order valence-electron chi connectivity index (χ4n) is 2.35. The number of halogens is 1. The van der Waals surface area contributed by atoms with Crippen molar-refractivity contribution in [1.82, 2.24) is 10.3 Å². The number of hydrogen-bond acceptors (Lipinski definition) is 3. The van der Waals surface area contributed by atoms with Crippen molar-refractivity contribution in [2.24, 2.45) is 0 Å². The molecule has 0 radical (unpaired) electrons. The quantitative estimate of drug-likeness (QED) is 0.774. The van der Waals surface area contributed by atoms with Crippen LogP contribution in [0.1, 0.15) is 17.2 Å². The predicted molar refractivity (Wildman–Crippen MR) is 81.9 cm³/mol. The van der Waals surface area contributed by atoms with Crippen LogP contribution in [0.3, 0.4) is 0 Å². The van der Waals surface area contributed by atoms with Crippen molar-refractivity contribution in [3.63, 3.8) is 0 Å². The molecule has 0 aliphatic rings. The summed E-state index contributed by atoms with van der Waals surface area (Å²) in [6.45, 7) is 0. The summed E-state index contributed by atoms with van der Waals surface area (Å²) in [5.74, 6) is -0.430. The molecule has 5 heteroatoms. The van der Waals surface area contributed by atoms with E-state index < -0.39 is 5.76 Å². The lowest BCUT2D eigenvalue weighted by Crippen LogP contribution is -2.17. The number of aromatic nitrogens is 1. The molecule has 0 saturated carbocycles. The highest BCUT2D eigenvalue weighted by Crippen LogP contribution is 2.26. The van der Waals surface area contributed by atoms with Gasteiger partial charge in [0.05, 0.1) is 11.6 Å². The van der Waals surface area contributed by atoms with Crippen molar-refractivity contribution in [3.8, 4) is 0 Å². The zero-order valence-corrected chi connectivity index (χ0v) is 12.4. The molecule has 20 heavy (non-hydrogen) atoms. The van der Waals surface area contributed by atoms with E-state index in [0.29, 0.717) is 11.1 Å². The third-order valence-corrected chi connectivity index (χ3v) is 3.74. The largest absolute Gasteiger partial charge is 0.417 e. The summed E-state index contributed by atoms with van der Waals surface area (Å²) in [6, 6.07) is 13.9. The lowest BCUT2D eigenvalue weighted by Gasteiger charge is -2.17. The Balaban J connectivity index is 2.08. The minimum absolute atomic E-state index is 0.0390. The van der Waals surface area contributed by atoms with Gasteiger partial charge in [0.2, 0.25) is 0 Å². The van der Waals surface area contributed by atoms with Gasteiger partial charge in [0, 0.05) is 4.47 Å². The zero-order valence-electron chi connectivity index (χ0n) is 10.8. The Kier molecular flexibility index (Phi) is 3.46. The van der Waals surface area contributed by atoms with Crippen molar-refractivity contribution < 1.29 is 4.42 Å². The van der Waals surface area contributed by atoms with Crippen LogP contribution < -0.4 is 11.1 Å². The summed E-state index contributed by atoms with van der Waals surface area (Å²) in [5.41, 5.74) is 3.46. The van der Waals surface area contributed by atoms with Crippen molar-refractivity contribution >= 4 is 27.0 Å². The average molecular weight is 333 g/mol. The molecule has 0 saturated heterocycles. The van der Waals surface area contributed by atoms with Gasteiger partial charge in [-0.2, -0.15) is 0 Å². The first-order valence-corrected chi connectivity index (χ1v) is 7.02. The van der Waals surface area contributed by atoms with Crippen LogP contribution in [0.4, 0.5) is 0 Å². The Morgan fingerprint density at radius 3 is 2.75 bits per heavy atom. The van der Waals surface area contributed by atoms with Crippen LogP contribution in [0.25, 0.3) is 11.1 Å². The highest BCUT2D eigenvalue weighted by Gasteiger charge is 2.13. The molecule has 0 amide bonds. The summed E-state index contributed by atoms with van der Waals surface area (Å²) < 4.78 is 6.15. The smallest absolute Gasteiger partial charge is 0.408 e.